The van der Waals surface area contributed by atoms with Crippen LogP contribution in [0.3, 0.4) is 0 Å². The van der Waals surface area contributed by atoms with E-state index >= 15 is 0 Å². The second-order valence-electron chi connectivity index (χ2n) is 16.1. The third-order valence-corrected chi connectivity index (χ3v) is 11.8. The molecule has 1 N–H and O–H groups in total. The van der Waals surface area contributed by atoms with E-state index in [4.69, 9.17) is 28.4 Å². The van der Waals surface area contributed by atoms with Gasteiger partial charge in [-0.15, -0.1) is 0 Å². The molecule has 3 saturated heterocycles. The van der Waals surface area contributed by atoms with E-state index in [2.05, 4.69) is 5.32 Å². The Bertz CT molecular complexity index is 1480. The standard InChI is InChI=1S/C40H61N3O11/c1-12-31-40(8)33(41-37(47)54-40)27(6)43(38(48)50-22-28-16-14-13-15-17-28)20-23(2)19-39(7,49-11)34(25(4)32(45)26(5)35(46)52-31)53-36-24(3)30(42(9)10)18-29(21-44)51-36/h13-17,21,23-27,29-31,33-34,36H,12,18-20,22H2,1-11H3,(H,41,47)/t23-,24?,25+,26?,27-,29?,30?,31-,33-,34-,36?,39-,40-/m1/s1. The molecule has 14 heteroatoms. The number of benzene rings is 1. The van der Waals surface area contributed by atoms with Gasteiger partial charge in [-0.1, -0.05) is 58.0 Å². The number of hydrogen-bond donors (Lipinski definition) is 1. The van der Waals surface area contributed by atoms with Crippen LogP contribution >= 0.6 is 0 Å². The molecule has 302 valence electrons. The Morgan fingerprint density at radius 3 is 2.33 bits per heavy atom. The second-order valence-corrected chi connectivity index (χ2v) is 16.1. The molecule has 0 radical (unpaired) electrons. The smallest absolute Gasteiger partial charge is 0.410 e. The van der Waals surface area contributed by atoms with Crippen LogP contribution in [0, 0.1) is 23.7 Å². The highest BCUT2D eigenvalue weighted by molar-refractivity contribution is 6.00. The molecule has 0 spiro atoms. The summed E-state index contributed by atoms with van der Waals surface area (Å²) in [6, 6.07) is 7.73. The highest BCUT2D eigenvalue weighted by Gasteiger charge is 2.57. The SMILES string of the molecule is CC[C@H]1OC(=O)C(C)C(=O)[C@H](C)[C@@H](OC2OC(C=O)CC(N(C)C)C2C)[C@](C)(OC)C[C@@H](C)CN(C(=O)OCc2ccccc2)[C@H](C)[C@H]2NC(=O)O[C@@]21C. The Hall–Kier alpha value is -3.59. The van der Waals surface area contributed by atoms with Crippen LogP contribution in [-0.4, -0.2) is 122 Å². The number of nitrogens with zero attached hydrogens (tertiary/aromatic N) is 2. The minimum atomic E-state index is -1.41. The maximum absolute atomic E-state index is 14.3. The van der Waals surface area contributed by atoms with Gasteiger partial charge in [0.05, 0.1) is 23.8 Å². The number of carbonyl (C=O) groups is 5. The summed E-state index contributed by atoms with van der Waals surface area (Å²) in [6.45, 7) is 14.4. The van der Waals surface area contributed by atoms with Gasteiger partial charge in [0.15, 0.2) is 17.7 Å². The van der Waals surface area contributed by atoms with Gasteiger partial charge in [-0.3, -0.25) is 9.59 Å². The average Bonchev–Trinajstić information content (AvgIpc) is 3.46. The average molecular weight is 760 g/mol. The van der Waals surface area contributed by atoms with Crippen molar-refractivity contribution in [1.29, 1.82) is 0 Å². The minimum absolute atomic E-state index is 0.0236. The molecule has 5 unspecified atom stereocenters. The van der Waals surface area contributed by atoms with Crippen LogP contribution in [0.5, 0.6) is 0 Å². The van der Waals surface area contributed by atoms with Gasteiger partial charge in [0.1, 0.15) is 31.0 Å². The fourth-order valence-corrected chi connectivity index (χ4v) is 8.58. The number of nitrogens with one attached hydrogen (secondary N) is 1. The molecule has 4 rings (SSSR count). The van der Waals surface area contributed by atoms with Crippen molar-refractivity contribution in [3.8, 4) is 0 Å². The lowest BCUT2D eigenvalue weighted by atomic mass is 9.78. The molecule has 13 atom stereocenters. The summed E-state index contributed by atoms with van der Waals surface area (Å²) in [4.78, 5) is 70.8. The molecule has 0 bridgehead atoms. The van der Waals surface area contributed by atoms with E-state index in [9.17, 15) is 24.0 Å². The molecule has 14 nitrogen and oxygen atoms in total. The number of rotatable bonds is 8. The maximum Gasteiger partial charge on any atom is 0.410 e. The van der Waals surface area contributed by atoms with Crippen molar-refractivity contribution in [1.82, 2.24) is 15.1 Å². The summed E-state index contributed by atoms with van der Waals surface area (Å²) in [7, 11) is 5.40. The van der Waals surface area contributed by atoms with Crippen LogP contribution < -0.4 is 5.32 Å². The third-order valence-electron chi connectivity index (χ3n) is 11.8. The second kappa shape index (κ2) is 17.9. The molecule has 0 aliphatic carbocycles. The topological polar surface area (TPSA) is 159 Å². The number of Topliss-reactive ketones (excluding diaryl/α,β-unsaturated/α-hetero) is 1. The zero-order chi connectivity index (χ0) is 40.1. The van der Waals surface area contributed by atoms with Gasteiger partial charge < -0.3 is 48.3 Å². The number of aldehydes is 1. The molecular weight excluding hydrogens is 698 g/mol. The van der Waals surface area contributed by atoms with E-state index in [1.54, 1.807) is 32.6 Å². The molecule has 0 aromatic heterocycles. The van der Waals surface area contributed by atoms with Crippen LogP contribution in [-0.2, 0) is 49.4 Å². The normalized spacial score (nSPS) is 38.3. The zero-order valence-electron chi connectivity index (χ0n) is 33.7. The molecule has 1 aromatic carbocycles. The Balaban J connectivity index is 1.79. The predicted molar refractivity (Wildman–Crippen MR) is 198 cm³/mol. The van der Waals surface area contributed by atoms with Gasteiger partial charge in [-0.2, -0.15) is 0 Å². The third kappa shape index (κ3) is 9.26. The lowest BCUT2D eigenvalue weighted by Crippen LogP contribution is -2.61. The number of hydrogen-bond acceptors (Lipinski definition) is 12. The first-order chi connectivity index (χ1) is 25.4. The molecule has 2 amide bonds. The lowest BCUT2D eigenvalue weighted by Gasteiger charge is -2.47. The van der Waals surface area contributed by atoms with E-state index in [1.165, 1.54) is 14.0 Å². The highest BCUT2D eigenvalue weighted by Crippen LogP contribution is 2.39. The van der Waals surface area contributed by atoms with E-state index in [-0.39, 0.29) is 43.9 Å². The van der Waals surface area contributed by atoms with E-state index in [0.29, 0.717) is 6.42 Å². The molecule has 3 fully saturated rings. The molecule has 3 heterocycles. The summed E-state index contributed by atoms with van der Waals surface area (Å²) in [5.74, 6) is -3.85. The summed E-state index contributed by atoms with van der Waals surface area (Å²) >= 11 is 0. The summed E-state index contributed by atoms with van der Waals surface area (Å²) in [6.07, 6.45) is -3.08. The van der Waals surface area contributed by atoms with Crippen molar-refractivity contribution in [3.05, 3.63) is 35.9 Å². The highest BCUT2D eigenvalue weighted by atomic mass is 16.7. The van der Waals surface area contributed by atoms with Gasteiger partial charge in [-0.05, 0) is 72.5 Å². The number of ketones is 1. The van der Waals surface area contributed by atoms with Crippen LogP contribution in [0.25, 0.3) is 0 Å². The molecular formula is C40H61N3O11. The first kappa shape index (κ1) is 43.1. The number of methoxy groups -OCH3 is 1. The summed E-state index contributed by atoms with van der Waals surface area (Å²) in [5.41, 5.74) is -1.77. The zero-order valence-corrected chi connectivity index (χ0v) is 33.7. The first-order valence-electron chi connectivity index (χ1n) is 19.1. The van der Waals surface area contributed by atoms with E-state index < -0.39 is 83.7 Å². The van der Waals surface area contributed by atoms with Gasteiger partial charge >= 0.3 is 18.2 Å². The Morgan fingerprint density at radius 1 is 1.07 bits per heavy atom. The molecule has 0 saturated carbocycles. The number of esters is 1. The van der Waals surface area contributed by atoms with Crippen molar-refractivity contribution in [2.45, 2.75) is 135 Å². The van der Waals surface area contributed by atoms with Crippen LogP contribution in [0.2, 0.25) is 0 Å². The largest absolute Gasteiger partial charge is 0.458 e. The predicted octanol–water partition coefficient (Wildman–Crippen LogP) is 4.75. The number of amides is 2. The van der Waals surface area contributed by atoms with Gasteiger partial charge in [0, 0.05) is 31.5 Å². The van der Waals surface area contributed by atoms with Crippen molar-refractivity contribution >= 4 is 30.2 Å². The first-order valence-corrected chi connectivity index (χ1v) is 19.1. The summed E-state index contributed by atoms with van der Waals surface area (Å²) < 4.78 is 37.0. The van der Waals surface area contributed by atoms with Gasteiger partial charge in [0.25, 0.3) is 0 Å². The Kier molecular flexibility index (Phi) is 14.3. The quantitative estimate of drug-likeness (QED) is 0.168. The van der Waals surface area contributed by atoms with Crippen molar-refractivity contribution < 1.29 is 52.4 Å². The van der Waals surface area contributed by atoms with Crippen molar-refractivity contribution in [2.24, 2.45) is 23.7 Å². The van der Waals surface area contributed by atoms with Gasteiger partial charge in [0.2, 0.25) is 0 Å². The molecule has 54 heavy (non-hydrogen) atoms. The molecule has 3 aliphatic rings. The van der Waals surface area contributed by atoms with Crippen LogP contribution in [0.1, 0.15) is 80.2 Å². The fraction of sp³-hybridized carbons (Fsp3) is 0.725. The monoisotopic (exact) mass is 759 g/mol. The number of alkyl carbamates (subject to hydrolysis) is 1. The number of cyclic esters (lactones) is 1. The Morgan fingerprint density at radius 2 is 1.74 bits per heavy atom. The van der Waals surface area contributed by atoms with Crippen LogP contribution in [0.15, 0.2) is 30.3 Å². The van der Waals surface area contributed by atoms with Crippen molar-refractivity contribution in [2.75, 3.05) is 27.7 Å². The van der Waals surface area contributed by atoms with E-state index in [1.807, 2.05) is 70.1 Å². The molecule has 1 aromatic rings. The number of ether oxygens (including phenoxy) is 6. The Labute approximate surface area is 319 Å². The number of carbonyl (C=O) groups excluding carboxylic acids is 5. The van der Waals surface area contributed by atoms with Crippen LogP contribution in [0.4, 0.5) is 9.59 Å². The molecule has 3 aliphatic heterocycles. The maximum atomic E-state index is 14.3. The summed E-state index contributed by atoms with van der Waals surface area (Å²) in [5, 5.41) is 2.87. The minimum Gasteiger partial charge on any atom is -0.458 e. The van der Waals surface area contributed by atoms with E-state index in [0.717, 1.165) is 11.8 Å². The van der Waals surface area contributed by atoms with Gasteiger partial charge in [-0.25, -0.2) is 9.59 Å². The lowest BCUT2D eigenvalue weighted by molar-refractivity contribution is -0.277. The number of fused-ring (bicyclic) bond motifs is 1. The fourth-order valence-electron chi connectivity index (χ4n) is 8.58. The van der Waals surface area contributed by atoms with Crippen molar-refractivity contribution in [3.63, 3.8) is 0 Å².